The average molecular weight is 289 g/mol. The molecule has 5 rings (SSSR count). The van der Waals surface area contributed by atoms with Gasteiger partial charge in [0, 0.05) is 6.04 Å². The lowest BCUT2D eigenvalue weighted by Crippen LogP contribution is -2.52. The van der Waals surface area contributed by atoms with Gasteiger partial charge in [0.05, 0.1) is 11.8 Å². The van der Waals surface area contributed by atoms with Gasteiger partial charge in [-0.1, -0.05) is 31.4 Å². The Hall–Kier alpha value is -1.32. The van der Waals surface area contributed by atoms with E-state index in [1.165, 1.54) is 19.3 Å². The standard InChI is InChI=1S/C17H23NO3/c19-16(18-9-4-2-1-3-5-9)14-10-6-7-11(13-8-12(10)13)15(14)17(20)21/h6-7,9-15H,1-5,8H2,(H,18,19)(H,20,21). The fourth-order valence-electron chi connectivity index (χ4n) is 5.11. The third-order valence-corrected chi connectivity index (χ3v) is 6.19. The monoisotopic (exact) mass is 289 g/mol. The van der Waals surface area contributed by atoms with Crippen LogP contribution < -0.4 is 5.32 Å². The van der Waals surface area contributed by atoms with Gasteiger partial charge >= 0.3 is 5.97 Å². The number of nitrogens with one attached hydrogen (secondary N) is 1. The highest BCUT2D eigenvalue weighted by molar-refractivity contribution is 5.86. The second kappa shape index (κ2) is 4.85. The lowest BCUT2D eigenvalue weighted by molar-refractivity contribution is -0.153. The van der Waals surface area contributed by atoms with Gasteiger partial charge in [-0.15, -0.1) is 0 Å². The summed E-state index contributed by atoms with van der Waals surface area (Å²) >= 11 is 0. The Morgan fingerprint density at radius 3 is 2.19 bits per heavy atom. The van der Waals surface area contributed by atoms with Crippen LogP contribution >= 0.6 is 0 Å². The molecular weight excluding hydrogens is 266 g/mol. The minimum absolute atomic E-state index is 0.000926. The van der Waals surface area contributed by atoms with Crippen LogP contribution in [0.5, 0.6) is 0 Å². The Labute approximate surface area is 125 Å². The number of carbonyl (C=O) groups is 2. The molecule has 0 saturated heterocycles. The molecule has 0 aromatic rings. The van der Waals surface area contributed by atoms with Crippen molar-refractivity contribution in [2.45, 2.75) is 44.6 Å². The van der Waals surface area contributed by atoms with E-state index >= 15 is 0 Å². The molecule has 0 heterocycles. The van der Waals surface area contributed by atoms with Gasteiger partial charge < -0.3 is 10.4 Å². The molecule has 5 aliphatic rings. The first kappa shape index (κ1) is 13.4. The van der Waals surface area contributed by atoms with E-state index in [1.807, 2.05) is 0 Å². The number of allylic oxidation sites excluding steroid dienone is 2. The number of aliphatic carboxylic acids is 1. The second-order valence-corrected chi connectivity index (χ2v) is 7.34. The molecule has 0 aromatic carbocycles. The molecule has 0 spiro atoms. The Morgan fingerprint density at radius 2 is 1.57 bits per heavy atom. The fraction of sp³-hybridized carbons (Fsp3) is 0.765. The summed E-state index contributed by atoms with van der Waals surface area (Å²) in [6.07, 6.45) is 11.0. The molecule has 4 heteroatoms. The number of rotatable bonds is 3. The Bertz CT molecular complexity index is 494. The van der Waals surface area contributed by atoms with Crippen molar-refractivity contribution in [2.75, 3.05) is 0 Å². The Morgan fingerprint density at radius 1 is 0.952 bits per heavy atom. The van der Waals surface area contributed by atoms with Gasteiger partial charge in [-0.3, -0.25) is 9.59 Å². The molecule has 6 unspecified atom stereocenters. The first-order valence-electron chi connectivity index (χ1n) is 8.38. The SMILES string of the molecule is O=C(O)C1C2C=CC(C3CC23)C1C(=O)NC1CCCCC1. The summed E-state index contributed by atoms with van der Waals surface area (Å²) in [5, 5.41) is 12.8. The molecule has 0 aromatic heterocycles. The molecule has 114 valence electrons. The quantitative estimate of drug-likeness (QED) is 0.783. The van der Waals surface area contributed by atoms with E-state index < -0.39 is 11.9 Å². The van der Waals surface area contributed by atoms with Gasteiger partial charge in [0.15, 0.2) is 0 Å². The van der Waals surface area contributed by atoms with Gasteiger partial charge in [-0.25, -0.2) is 0 Å². The van der Waals surface area contributed by atoms with Crippen molar-refractivity contribution < 1.29 is 14.7 Å². The van der Waals surface area contributed by atoms with Crippen LogP contribution in [0, 0.1) is 35.5 Å². The predicted octanol–water partition coefficient (Wildman–Crippen LogP) is 2.20. The highest BCUT2D eigenvalue weighted by Gasteiger charge is 2.63. The lowest BCUT2D eigenvalue weighted by atomic mass is 9.62. The number of carboxylic acids is 1. The van der Waals surface area contributed by atoms with Gasteiger partial charge in [0.25, 0.3) is 0 Å². The summed E-state index contributed by atoms with van der Waals surface area (Å²) in [6, 6.07) is 0.264. The maximum absolute atomic E-state index is 12.7. The van der Waals surface area contributed by atoms with E-state index in [9.17, 15) is 14.7 Å². The maximum atomic E-state index is 12.7. The lowest BCUT2D eigenvalue weighted by Gasteiger charge is -2.42. The molecule has 0 aliphatic heterocycles. The van der Waals surface area contributed by atoms with Crippen LogP contribution in [-0.2, 0) is 9.59 Å². The van der Waals surface area contributed by atoms with Crippen LogP contribution in [-0.4, -0.2) is 23.0 Å². The summed E-state index contributed by atoms with van der Waals surface area (Å²) in [7, 11) is 0. The molecule has 6 atom stereocenters. The second-order valence-electron chi connectivity index (χ2n) is 7.34. The van der Waals surface area contributed by atoms with Crippen molar-refractivity contribution in [3.05, 3.63) is 12.2 Å². The molecule has 2 N–H and O–H groups in total. The highest BCUT2D eigenvalue weighted by Crippen LogP contribution is 2.63. The molecule has 3 saturated carbocycles. The summed E-state index contributed by atoms with van der Waals surface area (Å²) in [5.41, 5.74) is 0. The molecule has 21 heavy (non-hydrogen) atoms. The molecule has 3 fully saturated rings. The maximum Gasteiger partial charge on any atom is 0.307 e. The van der Waals surface area contributed by atoms with E-state index in [4.69, 9.17) is 0 Å². The first-order valence-corrected chi connectivity index (χ1v) is 8.38. The number of amides is 1. The normalized spacial score (nSPS) is 44.2. The zero-order valence-electron chi connectivity index (χ0n) is 12.2. The number of fused-ring (bicyclic) bond motifs is 1. The number of carbonyl (C=O) groups excluding carboxylic acids is 1. The van der Waals surface area contributed by atoms with E-state index in [1.54, 1.807) is 0 Å². The summed E-state index contributed by atoms with van der Waals surface area (Å²) in [5.74, 6) is -0.306. The van der Waals surface area contributed by atoms with Crippen molar-refractivity contribution in [3.63, 3.8) is 0 Å². The topological polar surface area (TPSA) is 66.4 Å². The highest BCUT2D eigenvalue weighted by atomic mass is 16.4. The van der Waals surface area contributed by atoms with Crippen LogP contribution in [0.25, 0.3) is 0 Å². The summed E-state index contributed by atoms with van der Waals surface area (Å²) in [6.45, 7) is 0. The van der Waals surface area contributed by atoms with Crippen LogP contribution in [0.3, 0.4) is 0 Å². The molecular formula is C17H23NO3. The van der Waals surface area contributed by atoms with Crippen molar-refractivity contribution in [1.82, 2.24) is 5.32 Å². The Balaban J connectivity index is 1.53. The molecule has 0 radical (unpaired) electrons. The van der Waals surface area contributed by atoms with E-state index in [2.05, 4.69) is 17.5 Å². The largest absolute Gasteiger partial charge is 0.481 e. The van der Waals surface area contributed by atoms with Crippen molar-refractivity contribution >= 4 is 11.9 Å². The summed E-state index contributed by atoms with van der Waals surface area (Å²) < 4.78 is 0. The average Bonchev–Trinajstić information content (AvgIpc) is 3.29. The predicted molar refractivity (Wildman–Crippen MR) is 77.3 cm³/mol. The number of hydrogen-bond acceptors (Lipinski definition) is 2. The number of hydrogen-bond donors (Lipinski definition) is 2. The molecule has 4 nitrogen and oxygen atoms in total. The van der Waals surface area contributed by atoms with E-state index in [0.29, 0.717) is 11.8 Å². The van der Waals surface area contributed by atoms with Crippen LogP contribution in [0.2, 0.25) is 0 Å². The van der Waals surface area contributed by atoms with E-state index in [-0.39, 0.29) is 29.7 Å². The van der Waals surface area contributed by atoms with Crippen LogP contribution in [0.15, 0.2) is 12.2 Å². The van der Waals surface area contributed by atoms with Crippen LogP contribution in [0.4, 0.5) is 0 Å². The van der Waals surface area contributed by atoms with Crippen LogP contribution in [0.1, 0.15) is 38.5 Å². The third-order valence-electron chi connectivity index (χ3n) is 6.19. The van der Waals surface area contributed by atoms with Crippen molar-refractivity contribution in [1.29, 1.82) is 0 Å². The third kappa shape index (κ3) is 2.11. The van der Waals surface area contributed by atoms with Gasteiger partial charge in [-0.2, -0.15) is 0 Å². The molecule has 5 aliphatic carbocycles. The zero-order chi connectivity index (χ0) is 14.6. The van der Waals surface area contributed by atoms with Gasteiger partial charge in [0.1, 0.15) is 0 Å². The minimum atomic E-state index is -0.788. The molecule has 1 amide bonds. The van der Waals surface area contributed by atoms with Gasteiger partial charge in [-0.05, 0) is 42.9 Å². The fourth-order valence-corrected chi connectivity index (χ4v) is 5.11. The van der Waals surface area contributed by atoms with Crippen molar-refractivity contribution in [2.24, 2.45) is 35.5 Å². The van der Waals surface area contributed by atoms with Crippen molar-refractivity contribution in [3.8, 4) is 0 Å². The smallest absolute Gasteiger partial charge is 0.307 e. The Kier molecular flexibility index (Phi) is 3.09. The number of carboxylic acid groups (broad SMARTS) is 1. The first-order chi connectivity index (χ1) is 10.2. The minimum Gasteiger partial charge on any atom is -0.481 e. The zero-order valence-corrected chi connectivity index (χ0v) is 12.2. The summed E-state index contributed by atoms with van der Waals surface area (Å²) in [4.78, 5) is 24.4. The van der Waals surface area contributed by atoms with Gasteiger partial charge in [0.2, 0.25) is 5.91 Å². The molecule has 2 bridgehead atoms. The van der Waals surface area contributed by atoms with E-state index in [0.717, 1.165) is 19.3 Å².